The molecule has 2 aromatic heterocycles. The minimum absolute atomic E-state index is 0.0535. The van der Waals surface area contributed by atoms with Gasteiger partial charge in [0, 0.05) is 24.9 Å². The molecule has 0 radical (unpaired) electrons. The second-order valence-electron chi connectivity index (χ2n) is 5.15. The molecule has 2 rings (SSSR count). The van der Waals surface area contributed by atoms with Crippen LogP contribution in [0.3, 0.4) is 0 Å². The molecule has 0 atom stereocenters. The third kappa shape index (κ3) is 2.99. The molecule has 0 aromatic carbocycles. The van der Waals surface area contributed by atoms with Crippen molar-refractivity contribution in [1.82, 2.24) is 19.9 Å². The summed E-state index contributed by atoms with van der Waals surface area (Å²) in [7, 11) is 1.86. The molecular formula is C13H16IN5. The van der Waals surface area contributed by atoms with Gasteiger partial charge >= 0.3 is 0 Å². The van der Waals surface area contributed by atoms with Gasteiger partial charge in [-0.2, -0.15) is 0 Å². The summed E-state index contributed by atoms with van der Waals surface area (Å²) in [5.41, 5.74) is 1.64. The Morgan fingerprint density at radius 2 is 1.89 bits per heavy atom. The Bertz CT molecular complexity index is 578. The Morgan fingerprint density at radius 3 is 2.42 bits per heavy atom. The van der Waals surface area contributed by atoms with Crippen molar-refractivity contribution in [3.05, 3.63) is 27.9 Å². The average molecular weight is 369 g/mol. The van der Waals surface area contributed by atoms with Gasteiger partial charge in [0.2, 0.25) is 0 Å². The van der Waals surface area contributed by atoms with E-state index in [-0.39, 0.29) is 5.41 Å². The molecule has 2 heterocycles. The van der Waals surface area contributed by atoms with E-state index in [9.17, 15) is 0 Å². The SMILES string of the molecule is CNc1nc(-c2cnccn2)nc(C(C)(C)C)c1I. The van der Waals surface area contributed by atoms with Crippen molar-refractivity contribution in [2.45, 2.75) is 26.2 Å². The smallest absolute Gasteiger partial charge is 0.182 e. The van der Waals surface area contributed by atoms with Gasteiger partial charge in [-0.05, 0) is 22.6 Å². The van der Waals surface area contributed by atoms with E-state index in [0.717, 1.165) is 15.1 Å². The summed E-state index contributed by atoms with van der Waals surface area (Å²) in [5.74, 6) is 1.42. The molecule has 0 amide bonds. The second kappa shape index (κ2) is 5.36. The van der Waals surface area contributed by atoms with Crippen molar-refractivity contribution in [2.24, 2.45) is 0 Å². The number of nitrogens with zero attached hydrogens (tertiary/aromatic N) is 4. The van der Waals surface area contributed by atoms with Crippen LogP contribution in [0.25, 0.3) is 11.5 Å². The van der Waals surface area contributed by atoms with Crippen LogP contribution in [0.1, 0.15) is 26.5 Å². The van der Waals surface area contributed by atoms with Crippen LogP contribution in [0, 0.1) is 3.57 Å². The fourth-order valence-electron chi connectivity index (χ4n) is 1.64. The Balaban J connectivity index is 2.65. The summed E-state index contributed by atoms with van der Waals surface area (Å²) in [5, 5.41) is 3.11. The number of anilines is 1. The molecular weight excluding hydrogens is 353 g/mol. The number of aromatic nitrogens is 4. The molecule has 0 fully saturated rings. The standard InChI is InChI=1S/C13H16IN5/c1-13(2,3)10-9(14)12(15-4)19-11(18-10)8-7-16-5-6-17-8/h5-7H,1-4H3,(H,15,18,19). The summed E-state index contributed by atoms with van der Waals surface area (Å²) < 4.78 is 1.04. The molecule has 100 valence electrons. The lowest BCUT2D eigenvalue weighted by molar-refractivity contribution is 0.564. The van der Waals surface area contributed by atoms with E-state index in [1.165, 1.54) is 0 Å². The Morgan fingerprint density at radius 1 is 1.16 bits per heavy atom. The summed E-state index contributed by atoms with van der Waals surface area (Å²) in [4.78, 5) is 17.5. The quantitative estimate of drug-likeness (QED) is 0.825. The minimum Gasteiger partial charge on any atom is -0.372 e. The lowest BCUT2D eigenvalue weighted by Crippen LogP contribution is -2.18. The molecule has 19 heavy (non-hydrogen) atoms. The zero-order valence-corrected chi connectivity index (χ0v) is 13.6. The first-order chi connectivity index (χ1) is 8.93. The van der Waals surface area contributed by atoms with E-state index >= 15 is 0 Å². The largest absolute Gasteiger partial charge is 0.372 e. The number of rotatable bonds is 2. The summed E-state index contributed by atoms with van der Waals surface area (Å²) in [6.45, 7) is 6.41. The van der Waals surface area contributed by atoms with E-state index in [1.54, 1.807) is 18.6 Å². The maximum Gasteiger partial charge on any atom is 0.182 e. The van der Waals surface area contributed by atoms with Gasteiger partial charge in [0.25, 0.3) is 0 Å². The summed E-state index contributed by atoms with van der Waals surface area (Å²) >= 11 is 2.28. The van der Waals surface area contributed by atoms with Gasteiger partial charge in [0.05, 0.1) is 15.5 Å². The molecule has 1 N–H and O–H groups in total. The molecule has 0 saturated heterocycles. The highest BCUT2D eigenvalue weighted by Gasteiger charge is 2.23. The van der Waals surface area contributed by atoms with Crippen LogP contribution < -0.4 is 5.32 Å². The normalized spacial score (nSPS) is 11.4. The van der Waals surface area contributed by atoms with Crippen LogP contribution in [-0.4, -0.2) is 27.0 Å². The van der Waals surface area contributed by atoms with E-state index in [2.05, 4.69) is 68.6 Å². The van der Waals surface area contributed by atoms with Gasteiger partial charge in [0.1, 0.15) is 11.5 Å². The fourth-order valence-corrected chi connectivity index (χ4v) is 2.96. The number of nitrogens with one attached hydrogen (secondary N) is 1. The number of halogens is 1. The number of hydrogen-bond donors (Lipinski definition) is 1. The van der Waals surface area contributed by atoms with E-state index in [1.807, 2.05) is 7.05 Å². The van der Waals surface area contributed by atoms with Gasteiger partial charge < -0.3 is 5.32 Å². The van der Waals surface area contributed by atoms with Gasteiger partial charge in [-0.3, -0.25) is 4.98 Å². The molecule has 0 unspecified atom stereocenters. The minimum atomic E-state index is -0.0535. The number of hydrogen-bond acceptors (Lipinski definition) is 5. The van der Waals surface area contributed by atoms with Gasteiger partial charge in [-0.25, -0.2) is 15.0 Å². The summed E-state index contributed by atoms with van der Waals surface area (Å²) in [6, 6.07) is 0. The maximum absolute atomic E-state index is 4.66. The molecule has 0 spiro atoms. The highest BCUT2D eigenvalue weighted by atomic mass is 127. The van der Waals surface area contributed by atoms with Gasteiger partial charge in [0.15, 0.2) is 5.82 Å². The lowest BCUT2D eigenvalue weighted by atomic mass is 9.92. The zero-order chi connectivity index (χ0) is 14.0. The first kappa shape index (κ1) is 14.1. The molecule has 0 aliphatic rings. The molecule has 0 saturated carbocycles. The van der Waals surface area contributed by atoms with Crippen LogP contribution in [0.4, 0.5) is 5.82 Å². The van der Waals surface area contributed by atoms with E-state index < -0.39 is 0 Å². The zero-order valence-electron chi connectivity index (χ0n) is 11.4. The molecule has 2 aromatic rings. The van der Waals surface area contributed by atoms with E-state index in [0.29, 0.717) is 11.5 Å². The maximum atomic E-state index is 4.66. The van der Waals surface area contributed by atoms with Crippen LogP contribution in [0.5, 0.6) is 0 Å². The third-order valence-electron chi connectivity index (χ3n) is 2.59. The molecule has 5 nitrogen and oxygen atoms in total. The summed E-state index contributed by atoms with van der Waals surface area (Å²) in [6.07, 6.45) is 4.96. The van der Waals surface area contributed by atoms with Crippen molar-refractivity contribution in [3.63, 3.8) is 0 Å². The van der Waals surface area contributed by atoms with Crippen molar-refractivity contribution < 1.29 is 0 Å². The van der Waals surface area contributed by atoms with Crippen LogP contribution in [0.15, 0.2) is 18.6 Å². The molecule has 0 bridgehead atoms. The van der Waals surface area contributed by atoms with Gasteiger partial charge in [-0.15, -0.1) is 0 Å². The van der Waals surface area contributed by atoms with Crippen LogP contribution in [0.2, 0.25) is 0 Å². The second-order valence-corrected chi connectivity index (χ2v) is 6.23. The Labute approximate surface area is 126 Å². The highest BCUT2D eigenvalue weighted by molar-refractivity contribution is 14.1. The molecule has 0 aliphatic carbocycles. The van der Waals surface area contributed by atoms with Gasteiger partial charge in [-0.1, -0.05) is 20.8 Å². The molecule has 0 aliphatic heterocycles. The highest BCUT2D eigenvalue weighted by Crippen LogP contribution is 2.30. The van der Waals surface area contributed by atoms with Crippen molar-refractivity contribution in [3.8, 4) is 11.5 Å². The topological polar surface area (TPSA) is 63.6 Å². The average Bonchev–Trinajstić information content (AvgIpc) is 2.38. The van der Waals surface area contributed by atoms with Crippen molar-refractivity contribution in [1.29, 1.82) is 0 Å². The molecule has 6 heteroatoms. The van der Waals surface area contributed by atoms with Crippen molar-refractivity contribution in [2.75, 3.05) is 12.4 Å². The fraction of sp³-hybridized carbons (Fsp3) is 0.385. The lowest BCUT2D eigenvalue weighted by Gasteiger charge is -2.21. The van der Waals surface area contributed by atoms with E-state index in [4.69, 9.17) is 0 Å². The monoisotopic (exact) mass is 369 g/mol. The van der Waals surface area contributed by atoms with Crippen LogP contribution in [-0.2, 0) is 5.41 Å². The first-order valence-electron chi connectivity index (χ1n) is 5.95. The Kier molecular flexibility index (Phi) is 3.98. The first-order valence-corrected chi connectivity index (χ1v) is 7.03. The van der Waals surface area contributed by atoms with Crippen LogP contribution >= 0.6 is 22.6 Å². The van der Waals surface area contributed by atoms with Crippen molar-refractivity contribution >= 4 is 28.4 Å². The predicted octanol–water partition coefficient (Wildman–Crippen LogP) is 2.88. The third-order valence-corrected chi connectivity index (χ3v) is 3.61. The predicted molar refractivity (Wildman–Crippen MR) is 84.0 cm³/mol. The Hall–Kier alpha value is -1.31.